The number of aliphatic carboxylic acids is 1. The number of pyridine rings is 1. The number of aryl methyl sites for hydroxylation is 1. The van der Waals surface area contributed by atoms with E-state index >= 15 is 0 Å². The van der Waals surface area contributed by atoms with E-state index in [1.165, 1.54) is 0 Å². The van der Waals surface area contributed by atoms with Gasteiger partial charge in [0, 0.05) is 18.3 Å². The molecule has 1 aliphatic rings. The van der Waals surface area contributed by atoms with Crippen LogP contribution in [0.4, 0.5) is 5.82 Å². The Kier molecular flexibility index (Phi) is 3.42. The first-order chi connectivity index (χ1) is 8.91. The summed E-state index contributed by atoms with van der Waals surface area (Å²) in [6.07, 6.45) is 0.546. The third-order valence-electron chi connectivity index (χ3n) is 3.62. The molecule has 1 aliphatic heterocycles. The average Bonchev–Trinajstić information content (AvgIpc) is 2.70. The third kappa shape index (κ3) is 2.38. The highest BCUT2D eigenvalue weighted by molar-refractivity contribution is 5.98. The fourth-order valence-corrected chi connectivity index (χ4v) is 2.52. The van der Waals surface area contributed by atoms with Crippen molar-refractivity contribution in [3.05, 3.63) is 23.4 Å². The summed E-state index contributed by atoms with van der Waals surface area (Å²) in [4.78, 5) is 28.8. The number of carbonyl (C=O) groups excluding carboxylic acids is 1. The quantitative estimate of drug-likeness (QED) is 0.840. The lowest BCUT2D eigenvalue weighted by atomic mass is 10.0. The fraction of sp³-hybridized carbons (Fsp3) is 0.462. The molecular weight excluding hydrogens is 246 g/mol. The minimum Gasteiger partial charge on any atom is -0.481 e. The molecular formula is C13H17N3O3. The molecule has 1 saturated heterocycles. The predicted molar refractivity (Wildman–Crippen MR) is 70.0 cm³/mol. The highest BCUT2D eigenvalue weighted by Gasteiger charge is 2.37. The van der Waals surface area contributed by atoms with E-state index < -0.39 is 17.8 Å². The van der Waals surface area contributed by atoms with Gasteiger partial charge in [-0.15, -0.1) is 0 Å². The Morgan fingerprint density at radius 1 is 1.47 bits per heavy atom. The van der Waals surface area contributed by atoms with Crippen molar-refractivity contribution in [2.24, 2.45) is 11.7 Å². The van der Waals surface area contributed by atoms with Crippen LogP contribution in [-0.2, 0) is 4.79 Å². The molecule has 0 aliphatic carbocycles. The van der Waals surface area contributed by atoms with Crippen molar-refractivity contribution < 1.29 is 14.7 Å². The number of anilines is 1. The number of carboxylic acids is 1. The van der Waals surface area contributed by atoms with Gasteiger partial charge in [0.1, 0.15) is 5.82 Å². The minimum atomic E-state index is -0.816. The van der Waals surface area contributed by atoms with Crippen LogP contribution in [0.1, 0.15) is 29.4 Å². The smallest absolute Gasteiger partial charge is 0.308 e. The summed E-state index contributed by atoms with van der Waals surface area (Å²) >= 11 is 0. The molecule has 19 heavy (non-hydrogen) atoms. The monoisotopic (exact) mass is 263 g/mol. The first-order valence-electron chi connectivity index (χ1n) is 6.18. The lowest BCUT2D eigenvalue weighted by molar-refractivity contribution is -0.141. The van der Waals surface area contributed by atoms with Gasteiger partial charge in [-0.3, -0.25) is 9.59 Å². The molecule has 3 N–H and O–H groups in total. The lowest BCUT2D eigenvalue weighted by Gasteiger charge is -2.26. The summed E-state index contributed by atoms with van der Waals surface area (Å²) in [7, 11) is 0. The van der Waals surface area contributed by atoms with Crippen molar-refractivity contribution in [1.29, 1.82) is 0 Å². The van der Waals surface area contributed by atoms with E-state index in [4.69, 9.17) is 10.8 Å². The highest BCUT2D eigenvalue weighted by atomic mass is 16.4. The number of rotatable bonds is 3. The van der Waals surface area contributed by atoms with Crippen LogP contribution in [0.2, 0.25) is 0 Å². The summed E-state index contributed by atoms with van der Waals surface area (Å²) in [5, 5.41) is 9.14. The molecule has 2 rings (SSSR count). The molecule has 2 atom stereocenters. The zero-order valence-corrected chi connectivity index (χ0v) is 11.0. The van der Waals surface area contributed by atoms with Crippen LogP contribution in [0, 0.1) is 12.8 Å². The molecule has 1 fully saturated rings. The summed E-state index contributed by atoms with van der Waals surface area (Å²) in [5.74, 6) is -1.32. The number of primary amides is 1. The van der Waals surface area contributed by atoms with Gasteiger partial charge in [-0.05, 0) is 32.4 Å². The van der Waals surface area contributed by atoms with Crippen LogP contribution in [0.3, 0.4) is 0 Å². The number of nitrogens with two attached hydrogens (primary N) is 1. The van der Waals surface area contributed by atoms with E-state index in [1.807, 2.05) is 18.7 Å². The molecule has 1 aromatic rings. The summed E-state index contributed by atoms with van der Waals surface area (Å²) in [5.41, 5.74) is 6.46. The van der Waals surface area contributed by atoms with Crippen molar-refractivity contribution in [3.63, 3.8) is 0 Å². The van der Waals surface area contributed by atoms with Gasteiger partial charge in [-0.2, -0.15) is 0 Å². The number of nitrogens with zero attached hydrogens (tertiary/aromatic N) is 2. The second kappa shape index (κ2) is 4.87. The molecule has 6 nitrogen and oxygen atoms in total. The van der Waals surface area contributed by atoms with Crippen LogP contribution in [0.25, 0.3) is 0 Å². The summed E-state index contributed by atoms with van der Waals surface area (Å²) in [6.45, 7) is 4.22. The van der Waals surface area contributed by atoms with Gasteiger partial charge < -0.3 is 15.7 Å². The zero-order chi connectivity index (χ0) is 14.2. The Bertz CT molecular complexity index is 530. The molecule has 1 amide bonds. The van der Waals surface area contributed by atoms with E-state index in [0.29, 0.717) is 24.3 Å². The molecule has 102 valence electrons. The van der Waals surface area contributed by atoms with E-state index in [9.17, 15) is 9.59 Å². The molecule has 1 aromatic heterocycles. The van der Waals surface area contributed by atoms with Crippen molar-refractivity contribution in [2.45, 2.75) is 26.3 Å². The highest BCUT2D eigenvalue weighted by Crippen LogP contribution is 2.30. The van der Waals surface area contributed by atoms with Crippen LogP contribution >= 0.6 is 0 Å². The van der Waals surface area contributed by atoms with Gasteiger partial charge in [0.25, 0.3) is 5.91 Å². The predicted octanol–water partition coefficient (Wildman–Crippen LogP) is 0.788. The van der Waals surface area contributed by atoms with Crippen molar-refractivity contribution in [3.8, 4) is 0 Å². The second-order valence-corrected chi connectivity index (χ2v) is 4.86. The van der Waals surface area contributed by atoms with Gasteiger partial charge in [0.2, 0.25) is 0 Å². The van der Waals surface area contributed by atoms with Crippen molar-refractivity contribution in [1.82, 2.24) is 4.98 Å². The molecule has 0 aromatic carbocycles. The normalized spacial score (nSPS) is 22.5. The Morgan fingerprint density at radius 3 is 2.68 bits per heavy atom. The molecule has 0 radical (unpaired) electrons. The second-order valence-electron chi connectivity index (χ2n) is 4.86. The number of amides is 1. The van der Waals surface area contributed by atoms with Crippen LogP contribution in [0.5, 0.6) is 0 Å². The standard InChI is InChI=1S/C13H17N3O3/c1-7-3-4-10(11(14)17)12(15-7)16-6-5-9(8(16)2)13(18)19/h3-4,8-9H,5-6H2,1-2H3,(H2,14,17)(H,18,19). The Labute approximate surface area is 111 Å². The van der Waals surface area contributed by atoms with Crippen molar-refractivity contribution in [2.75, 3.05) is 11.4 Å². The number of aromatic nitrogens is 1. The van der Waals surface area contributed by atoms with E-state index in [0.717, 1.165) is 5.69 Å². The van der Waals surface area contributed by atoms with Crippen LogP contribution in [-0.4, -0.2) is 34.6 Å². The van der Waals surface area contributed by atoms with E-state index in [-0.39, 0.29) is 6.04 Å². The molecule has 2 heterocycles. The third-order valence-corrected chi connectivity index (χ3v) is 3.62. The van der Waals surface area contributed by atoms with Gasteiger partial charge >= 0.3 is 5.97 Å². The number of hydrogen-bond acceptors (Lipinski definition) is 4. The first-order valence-corrected chi connectivity index (χ1v) is 6.18. The summed E-state index contributed by atoms with van der Waals surface area (Å²) in [6, 6.07) is 3.16. The molecule has 6 heteroatoms. The average molecular weight is 263 g/mol. The molecule has 2 unspecified atom stereocenters. The van der Waals surface area contributed by atoms with E-state index in [2.05, 4.69) is 4.98 Å². The number of carbonyl (C=O) groups is 2. The minimum absolute atomic E-state index is 0.204. The summed E-state index contributed by atoms with van der Waals surface area (Å²) < 4.78 is 0. The number of hydrogen-bond donors (Lipinski definition) is 2. The molecule has 0 saturated carbocycles. The maximum Gasteiger partial charge on any atom is 0.308 e. The fourth-order valence-electron chi connectivity index (χ4n) is 2.52. The van der Waals surface area contributed by atoms with Gasteiger partial charge in [0.15, 0.2) is 0 Å². The number of carboxylic acid groups (broad SMARTS) is 1. The van der Waals surface area contributed by atoms with Crippen molar-refractivity contribution >= 4 is 17.7 Å². The van der Waals surface area contributed by atoms with Crippen LogP contribution in [0.15, 0.2) is 12.1 Å². The lowest BCUT2D eigenvalue weighted by Crippen LogP contribution is -2.35. The van der Waals surface area contributed by atoms with Gasteiger partial charge in [-0.1, -0.05) is 0 Å². The Balaban J connectivity index is 2.40. The topological polar surface area (TPSA) is 96.5 Å². The largest absolute Gasteiger partial charge is 0.481 e. The zero-order valence-electron chi connectivity index (χ0n) is 11.0. The van der Waals surface area contributed by atoms with Gasteiger partial charge in [-0.25, -0.2) is 4.98 Å². The Morgan fingerprint density at radius 2 is 2.16 bits per heavy atom. The molecule has 0 bridgehead atoms. The first kappa shape index (κ1) is 13.3. The maximum atomic E-state index is 11.5. The van der Waals surface area contributed by atoms with Gasteiger partial charge in [0.05, 0.1) is 11.5 Å². The van der Waals surface area contributed by atoms with Crippen LogP contribution < -0.4 is 10.6 Å². The van der Waals surface area contributed by atoms with E-state index in [1.54, 1.807) is 12.1 Å². The maximum absolute atomic E-state index is 11.5. The SMILES string of the molecule is Cc1ccc(C(N)=O)c(N2CCC(C(=O)O)C2C)n1. The molecule has 0 spiro atoms. The Hall–Kier alpha value is -2.11.